The molecule has 6 heteroatoms. The molecule has 1 aromatic carbocycles. The van der Waals surface area contributed by atoms with Crippen LogP contribution in [0.4, 0.5) is 0 Å². The van der Waals surface area contributed by atoms with Crippen LogP contribution in [0, 0.1) is 52.3 Å². The molecule has 0 heterocycles. The number of aliphatic hydroxyl groups is 1. The number of rotatable bonds is 16. The highest BCUT2D eigenvalue weighted by molar-refractivity contribution is 5.89. The minimum atomic E-state index is -0.206. The number of carbonyl (C=O) groups is 1. The van der Waals surface area contributed by atoms with Crippen LogP contribution in [0.15, 0.2) is 30.3 Å². The molecule has 0 radical (unpaired) electrons. The average Bonchev–Trinajstić information content (AvgIpc) is 3.42. The summed E-state index contributed by atoms with van der Waals surface area (Å²) < 4.78 is 6.68. The molecule has 4 saturated carbocycles. The predicted molar refractivity (Wildman–Crippen MR) is 193 cm³/mol. The molecule has 4 aliphatic carbocycles. The molecule has 5 rings (SSSR count). The molecule has 47 heavy (non-hydrogen) atoms. The molecule has 5 unspecified atom stereocenters. The van der Waals surface area contributed by atoms with Gasteiger partial charge in [-0.15, -0.1) is 0 Å². The summed E-state index contributed by atoms with van der Waals surface area (Å²) in [5.41, 5.74) is 6.90. The Labute approximate surface area is 287 Å². The number of nitrogens with one attached hydrogen (secondary N) is 2. The summed E-state index contributed by atoms with van der Waals surface area (Å²) in [6.45, 7) is 15.9. The van der Waals surface area contributed by atoms with Crippen molar-refractivity contribution in [3.63, 3.8) is 0 Å². The number of esters is 1. The van der Waals surface area contributed by atoms with E-state index < -0.39 is 0 Å². The van der Waals surface area contributed by atoms with Crippen molar-refractivity contribution in [2.75, 3.05) is 26.2 Å². The van der Waals surface area contributed by atoms with Crippen LogP contribution < -0.4 is 16.4 Å². The van der Waals surface area contributed by atoms with Gasteiger partial charge in [0.15, 0.2) is 0 Å². The minimum absolute atomic E-state index is 0.0105. The molecule has 266 valence electrons. The fourth-order valence-corrected chi connectivity index (χ4v) is 11.3. The third kappa shape index (κ3) is 8.30. The minimum Gasteiger partial charge on any atom is -0.458 e. The van der Waals surface area contributed by atoms with Gasteiger partial charge in [0.2, 0.25) is 0 Å². The van der Waals surface area contributed by atoms with Crippen molar-refractivity contribution in [1.82, 2.24) is 10.6 Å². The van der Waals surface area contributed by atoms with Gasteiger partial charge >= 0.3 is 5.97 Å². The van der Waals surface area contributed by atoms with Gasteiger partial charge in [-0.25, -0.2) is 4.79 Å². The Morgan fingerprint density at radius 3 is 2.38 bits per heavy atom. The lowest BCUT2D eigenvalue weighted by molar-refractivity contribution is -0.168. The molecule has 5 N–H and O–H groups in total. The highest BCUT2D eigenvalue weighted by atomic mass is 16.5. The Kier molecular flexibility index (Phi) is 12.9. The van der Waals surface area contributed by atoms with Crippen molar-refractivity contribution >= 4 is 5.97 Å². The Morgan fingerprint density at radius 2 is 1.64 bits per heavy atom. The van der Waals surface area contributed by atoms with Crippen molar-refractivity contribution < 1.29 is 14.6 Å². The molecule has 0 spiro atoms. The number of ether oxygens (including phenoxy) is 1. The van der Waals surface area contributed by atoms with Crippen LogP contribution in [0.5, 0.6) is 0 Å². The first-order valence-electron chi connectivity index (χ1n) is 19.7. The van der Waals surface area contributed by atoms with Gasteiger partial charge in [0.25, 0.3) is 0 Å². The lowest BCUT2D eigenvalue weighted by Crippen LogP contribution is -2.60. The maximum Gasteiger partial charge on any atom is 0.338 e. The van der Waals surface area contributed by atoms with E-state index in [1.54, 1.807) is 0 Å². The van der Waals surface area contributed by atoms with Gasteiger partial charge in [0.1, 0.15) is 6.10 Å². The Hall–Kier alpha value is -1.47. The number of benzene rings is 1. The summed E-state index contributed by atoms with van der Waals surface area (Å²) in [6, 6.07) is 10.2. The molecule has 0 saturated heterocycles. The zero-order chi connectivity index (χ0) is 33.6. The van der Waals surface area contributed by atoms with E-state index in [9.17, 15) is 9.90 Å². The van der Waals surface area contributed by atoms with E-state index in [4.69, 9.17) is 10.5 Å². The van der Waals surface area contributed by atoms with Gasteiger partial charge in [0.05, 0.1) is 11.7 Å². The van der Waals surface area contributed by atoms with Crippen LogP contribution in [0.3, 0.4) is 0 Å². The maximum atomic E-state index is 13.7. The van der Waals surface area contributed by atoms with Crippen LogP contribution in [0.25, 0.3) is 0 Å². The Morgan fingerprint density at radius 1 is 0.915 bits per heavy atom. The smallest absolute Gasteiger partial charge is 0.338 e. The number of aliphatic hydroxyl groups excluding tert-OH is 1. The largest absolute Gasteiger partial charge is 0.458 e. The summed E-state index contributed by atoms with van der Waals surface area (Å²) in [7, 11) is 0. The van der Waals surface area contributed by atoms with Crippen LogP contribution in [-0.2, 0) is 4.74 Å². The Balaban J connectivity index is 1.29. The predicted octanol–water partition coefficient (Wildman–Crippen LogP) is 7.59. The molecule has 0 aromatic heterocycles. The van der Waals surface area contributed by atoms with E-state index in [-0.39, 0.29) is 23.6 Å². The normalized spacial score (nSPS) is 36.3. The second kappa shape index (κ2) is 16.5. The average molecular weight is 652 g/mol. The van der Waals surface area contributed by atoms with E-state index in [2.05, 4.69) is 45.3 Å². The van der Waals surface area contributed by atoms with Gasteiger partial charge in [0, 0.05) is 12.0 Å². The highest BCUT2D eigenvalue weighted by Crippen LogP contribution is 2.68. The van der Waals surface area contributed by atoms with Crippen molar-refractivity contribution in [3.8, 4) is 0 Å². The van der Waals surface area contributed by atoms with Gasteiger partial charge in [-0.2, -0.15) is 0 Å². The molecular weight excluding hydrogens is 582 g/mol. The maximum absolute atomic E-state index is 13.7. The van der Waals surface area contributed by atoms with E-state index in [0.29, 0.717) is 58.4 Å². The van der Waals surface area contributed by atoms with Gasteiger partial charge in [-0.1, -0.05) is 52.8 Å². The Bertz CT molecular complexity index is 1110. The van der Waals surface area contributed by atoms with Gasteiger partial charge in [-0.3, -0.25) is 0 Å². The van der Waals surface area contributed by atoms with Gasteiger partial charge < -0.3 is 26.2 Å². The van der Waals surface area contributed by atoms with Crippen molar-refractivity contribution in [3.05, 3.63) is 35.9 Å². The third-order valence-electron chi connectivity index (χ3n) is 14.1. The number of nitrogens with two attached hydrogens (primary N) is 1. The second-order valence-electron chi connectivity index (χ2n) is 17.2. The number of fused-ring (bicyclic) bond motifs is 5. The van der Waals surface area contributed by atoms with Crippen molar-refractivity contribution in [1.29, 1.82) is 0 Å². The van der Waals surface area contributed by atoms with E-state index in [0.717, 1.165) is 64.7 Å². The molecule has 6 nitrogen and oxygen atoms in total. The fourth-order valence-electron chi connectivity index (χ4n) is 11.3. The summed E-state index contributed by atoms with van der Waals surface area (Å²) in [5, 5.41) is 18.1. The van der Waals surface area contributed by atoms with Crippen LogP contribution in [-0.4, -0.2) is 55.5 Å². The summed E-state index contributed by atoms with van der Waals surface area (Å²) in [4.78, 5) is 13.7. The van der Waals surface area contributed by atoms with Crippen LogP contribution in [0.2, 0.25) is 0 Å². The lowest BCUT2D eigenvalue weighted by atomic mass is 9.43. The molecule has 1 aromatic rings. The van der Waals surface area contributed by atoms with E-state index >= 15 is 0 Å². The zero-order valence-electron chi connectivity index (χ0n) is 30.5. The first-order chi connectivity index (χ1) is 22.6. The number of hydrogen-bond donors (Lipinski definition) is 4. The SMILES string of the molecule is CC(C)C(O)CC[C@H](C)[C@H]1CCC2C3C(CC[C@@]21C)[C@@]1(C)CC[C@H](NCCCNCCCCN)CC1C[C@@H]3OC(=O)c1ccccc1. The van der Waals surface area contributed by atoms with Gasteiger partial charge in [-0.05, 0) is 168 Å². The van der Waals surface area contributed by atoms with Crippen molar-refractivity contribution in [2.24, 2.45) is 58.0 Å². The van der Waals surface area contributed by atoms with E-state index in [1.165, 1.54) is 44.9 Å². The molecule has 0 amide bonds. The first-order valence-corrected chi connectivity index (χ1v) is 19.7. The molecule has 0 bridgehead atoms. The number of hydrogen-bond acceptors (Lipinski definition) is 6. The molecule has 4 aliphatic rings. The molecular formula is C41H69N3O3. The monoisotopic (exact) mass is 652 g/mol. The lowest BCUT2D eigenvalue weighted by Gasteiger charge is -2.63. The van der Waals surface area contributed by atoms with Crippen molar-refractivity contribution in [2.45, 2.75) is 136 Å². The highest BCUT2D eigenvalue weighted by Gasteiger charge is 2.63. The van der Waals surface area contributed by atoms with Crippen LogP contribution >= 0.6 is 0 Å². The molecule has 4 fully saturated rings. The second-order valence-corrected chi connectivity index (χ2v) is 17.2. The summed E-state index contributed by atoms with van der Waals surface area (Å²) in [5.74, 6) is 3.70. The third-order valence-corrected chi connectivity index (χ3v) is 14.1. The molecule has 0 aliphatic heterocycles. The summed E-state index contributed by atoms with van der Waals surface area (Å²) in [6.07, 6.45) is 15.0. The topological polar surface area (TPSA) is 96.6 Å². The standard InChI is InChI=1S/C41H69N3O3/c1-28(2)36(45)17-14-29(3)33-15-16-34-38-35(19-21-41(33,34)5)40(4)20-18-32(44-25-11-24-43-23-10-9-22-42)26-31(40)27-37(38)47-39(46)30-12-7-6-8-13-30/h6-8,12-13,28-29,31-38,43-45H,9-11,14-27,42H2,1-5H3/t29-,31?,32-,33+,34?,35?,36?,37-,38?,40-,41+/m0/s1. The number of carbonyl (C=O) groups excluding carboxylic acids is 1. The first kappa shape index (κ1) is 36.8. The summed E-state index contributed by atoms with van der Waals surface area (Å²) >= 11 is 0. The quantitative estimate of drug-likeness (QED) is 0.109. The zero-order valence-corrected chi connectivity index (χ0v) is 30.5. The molecule has 11 atom stereocenters. The number of unbranched alkanes of at least 4 members (excludes halogenated alkanes) is 1. The fraction of sp³-hybridized carbons (Fsp3) is 0.829. The van der Waals surface area contributed by atoms with Crippen LogP contribution in [0.1, 0.15) is 128 Å². The van der Waals surface area contributed by atoms with E-state index in [1.807, 2.05) is 30.3 Å².